The third kappa shape index (κ3) is 6.47. The van der Waals surface area contributed by atoms with E-state index in [9.17, 15) is 26.3 Å². The zero-order valence-corrected chi connectivity index (χ0v) is 19.5. The van der Waals surface area contributed by atoms with Crippen molar-refractivity contribution in [1.29, 1.82) is 0 Å². The van der Waals surface area contributed by atoms with Crippen LogP contribution in [0.1, 0.15) is 46.1 Å². The number of halogens is 6. The predicted molar refractivity (Wildman–Crippen MR) is 120 cm³/mol. The van der Waals surface area contributed by atoms with Crippen LogP contribution in [0.2, 0.25) is 0 Å². The van der Waals surface area contributed by atoms with Gasteiger partial charge in [0.25, 0.3) is 0 Å². The van der Waals surface area contributed by atoms with Gasteiger partial charge in [0.2, 0.25) is 0 Å². The average molecular weight is 512 g/mol. The molecule has 1 fully saturated rings. The van der Waals surface area contributed by atoms with E-state index in [2.05, 4.69) is 9.97 Å². The number of ether oxygens (including phenoxy) is 2. The number of aromatic amines is 1. The first kappa shape index (κ1) is 26.2. The lowest BCUT2D eigenvalue weighted by Gasteiger charge is -2.38. The summed E-state index contributed by atoms with van der Waals surface area (Å²) in [6.07, 6.45) is -7.45. The van der Waals surface area contributed by atoms with Gasteiger partial charge < -0.3 is 14.5 Å². The molecule has 1 aromatic heterocycles. The molecule has 10 heteroatoms. The third-order valence-electron chi connectivity index (χ3n) is 6.29. The van der Waals surface area contributed by atoms with Crippen molar-refractivity contribution in [1.82, 2.24) is 9.97 Å². The largest absolute Gasteiger partial charge is 0.416 e. The van der Waals surface area contributed by atoms with Crippen LogP contribution in [0.25, 0.3) is 0 Å². The summed E-state index contributed by atoms with van der Waals surface area (Å²) in [6.45, 7) is 2.23. The normalized spacial score (nSPS) is 21.0. The van der Waals surface area contributed by atoms with Crippen LogP contribution in [-0.2, 0) is 34.7 Å². The van der Waals surface area contributed by atoms with Gasteiger partial charge in [-0.25, -0.2) is 4.98 Å². The van der Waals surface area contributed by atoms with E-state index in [-0.39, 0.29) is 36.5 Å². The number of imidazole rings is 1. The second kappa shape index (κ2) is 10.6. The van der Waals surface area contributed by atoms with Crippen molar-refractivity contribution in [2.75, 3.05) is 13.2 Å². The molecule has 1 N–H and O–H groups in total. The molecule has 3 aromatic rings. The van der Waals surface area contributed by atoms with Gasteiger partial charge in [-0.05, 0) is 55.0 Å². The van der Waals surface area contributed by atoms with Crippen molar-refractivity contribution in [3.8, 4) is 0 Å². The number of hydrogen-bond donors (Lipinski definition) is 1. The van der Waals surface area contributed by atoms with Crippen LogP contribution in [0, 0.1) is 12.8 Å². The van der Waals surface area contributed by atoms with Gasteiger partial charge in [-0.2, -0.15) is 26.3 Å². The fourth-order valence-electron chi connectivity index (χ4n) is 4.60. The first-order chi connectivity index (χ1) is 17.0. The highest BCUT2D eigenvalue weighted by Crippen LogP contribution is 2.39. The first-order valence-electron chi connectivity index (χ1n) is 11.6. The lowest BCUT2D eigenvalue weighted by atomic mass is 9.79. The van der Waals surface area contributed by atoms with E-state index in [0.29, 0.717) is 13.0 Å². The van der Waals surface area contributed by atoms with Crippen LogP contribution in [0.3, 0.4) is 0 Å². The van der Waals surface area contributed by atoms with Crippen molar-refractivity contribution >= 4 is 0 Å². The summed E-state index contributed by atoms with van der Waals surface area (Å²) < 4.78 is 91.0. The number of benzene rings is 2. The summed E-state index contributed by atoms with van der Waals surface area (Å²) in [5.74, 6) is 0.766. The number of hydrogen-bond acceptors (Lipinski definition) is 3. The van der Waals surface area contributed by atoms with Crippen LogP contribution in [0.15, 0.2) is 54.7 Å². The smallest absolute Gasteiger partial charge is 0.352 e. The molecule has 194 valence electrons. The summed E-state index contributed by atoms with van der Waals surface area (Å²) in [5, 5.41) is 0. The molecule has 0 saturated carbocycles. The van der Waals surface area contributed by atoms with Gasteiger partial charge in [0.05, 0.1) is 24.3 Å². The number of rotatable bonds is 7. The Balaban J connectivity index is 1.51. The van der Waals surface area contributed by atoms with Gasteiger partial charge >= 0.3 is 12.4 Å². The van der Waals surface area contributed by atoms with Crippen LogP contribution < -0.4 is 0 Å². The average Bonchev–Trinajstić information content (AvgIpc) is 3.23. The fraction of sp³-hybridized carbons (Fsp3) is 0.423. The van der Waals surface area contributed by atoms with Crippen molar-refractivity contribution in [3.05, 3.63) is 88.5 Å². The van der Waals surface area contributed by atoms with Gasteiger partial charge in [-0.1, -0.05) is 30.3 Å². The van der Waals surface area contributed by atoms with E-state index >= 15 is 0 Å². The summed E-state index contributed by atoms with van der Waals surface area (Å²) in [7, 11) is 0. The maximum atomic E-state index is 13.2. The van der Waals surface area contributed by atoms with E-state index in [1.54, 1.807) is 6.20 Å². The molecule has 36 heavy (non-hydrogen) atoms. The molecule has 0 amide bonds. The second-order valence-electron chi connectivity index (χ2n) is 8.98. The molecule has 3 atom stereocenters. The summed E-state index contributed by atoms with van der Waals surface area (Å²) in [6, 6.07) is 11.2. The Morgan fingerprint density at radius 2 is 1.67 bits per heavy atom. The van der Waals surface area contributed by atoms with Crippen molar-refractivity contribution in [2.45, 2.75) is 50.7 Å². The minimum absolute atomic E-state index is 0.0980. The van der Waals surface area contributed by atoms with Gasteiger partial charge in [0.1, 0.15) is 5.82 Å². The van der Waals surface area contributed by atoms with Crippen LogP contribution >= 0.6 is 0 Å². The van der Waals surface area contributed by atoms with Gasteiger partial charge in [0, 0.05) is 24.2 Å². The van der Waals surface area contributed by atoms with Crippen molar-refractivity contribution in [2.24, 2.45) is 5.92 Å². The summed E-state index contributed by atoms with van der Waals surface area (Å²) in [5.41, 5.74) is -0.851. The second-order valence-corrected chi connectivity index (χ2v) is 8.98. The quantitative estimate of drug-likeness (QED) is 0.358. The van der Waals surface area contributed by atoms with E-state index in [4.69, 9.17) is 9.47 Å². The maximum Gasteiger partial charge on any atom is 0.416 e. The maximum absolute atomic E-state index is 13.2. The minimum Gasteiger partial charge on any atom is -0.352 e. The highest BCUT2D eigenvalue weighted by atomic mass is 19.4. The molecular formula is C26H26F6N2O2. The van der Waals surface area contributed by atoms with Crippen LogP contribution in [0.4, 0.5) is 26.3 Å². The standard InChI is InChI=1S/C26H26F6N2O2/c1-16-15-33-22(34-16)13-19-8-10-36-24(23(19)18-5-3-2-4-6-18)35-9-7-17-11-20(25(27,28)29)14-21(12-17)26(30,31)32/h2-6,11-12,14-15,19,23-24H,7-10,13H2,1H3,(H,33,34)/t19-,23-,24-/m0/s1. The lowest BCUT2D eigenvalue weighted by molar-refractivity contribution is -0.187. The predicted octanol–water partition coefficient (Wildman–Crippen LogP) is 6.70. The number of H-pyrrole nitrogens is 1. The Labute approximate surface area is 204 Å². The Bertz CT molecular complexity index is 1110. The van der Waals surface area contributed by atoms with E-state index in [0.717, 1.165) is 35.6 Å². The van der Waals surface area contributed by atoms with E-state index in [1.165, 1.54) is 0 Å². The zero-order valence-electron chi connectivity index (χ0n) is 19.5. The lowest BCUT2D eigenvalue weighted by Crippen LogP contribution is -2.38. The molecule has 4 rings (SSSR count). The van der Waals surface area contributed by atoms with Crippen LogP contribution in [-0.4, -0.2) is 29.5 Å². The Hall–Kier alpha value is -2.85. The molecule has 0 unspecified atom stereocenters. The molecule has 0 aliphatic carbocycles. The molecule has 0 spiro atoms. The molecule has 4 nitrogen and oxygen atoms in total. The Morgan fingerprint density at radius 1 is 1.00 bits per heavy atom. The number of nitrogens with zero attached hydrogens (tertiary/aromatic N) is 1. The third-order valence-corrected chi connectivity index (χ3v) is 6.29. The molecule has 1 aliphatic rings. The Morgan fingerprint density at radius 3 is 2.25 bits per heavy atom. The Kier molecular flexibility index (Phi) is 7.75. The van der Waals surface area contributed by atoms with Crippen LogP contribution in [0.5, 0.6) is 0 Å². The summed E-state index contributed by atoms with van der Waals surface area (Å²) >= 11 is 0. The highest BCUT2D eigenvalue weighted by molar-refractivity contribution is 5.33. The SMILES string of the molecule is Cc1cnc(C[C@@H]2CCO[C@H](OCCc3cc(C(F)(F)F)cc(C(F)(F)F)c3)[C@H]2c2ccccc2)[nH]1. The molecule has 1 aliphatic heterocycles. The van der Waals surface area contributed by atoms with Gasteiger partial charge in [0.15, 0.2) is 6.29 Å². The van der Waals surface area contributed by atoms with Gasteiger partial charge in [-0.3, -0.25) is 0 Å². The van der Waals surface area contributed by atoms with E-state index in [1.807, 2.05) is 37.3 Å². The van der Waals surface area contributed by atoms with Crippen molar-refractivity contribution in [3.63, 3.8) is 0 Å². The zero-order chi connectivity index (χ0) is 25.9. The topological polar surface area (TPSA) is 47.1 Å². The molecule has 0 radical (unpaired) electrons. The van der Waals surface area contributed by atoms with Gasteiger partial charge in [-0.15, -0.1) is 0 Å². The van der Waals surface area contributed by atoms with E-state index < -0.39 is 29.8 Å². The highest BCUT2D eigenvalue weighted by Gasteiger charge is 2.38. The molecule has 0 bridgehead atoms. The minimum atomic E-state index is -4.89. The first-order valence-corrected chi connectivity index (χ1v) is 11.6. The fourth-order valence-corrected chi connectivity index (χ4v) is 4.60. The number of alkyl halides is 6. The summed E-state index contributed by atoms with van der Waals surface area (Å²) in [4.78, 5) is 7.63. The molecule has 1 saturated heterocycles. The van der Waals surface area contributed by atoms with Crippen molar-refractivity contribution < 1.29 is 35.8 Å². The molecule has 2 heterocycles. The monoisotopic (exact) mass is 512 g/mol. The number of nitrogens with one attached hydrogen (secondary N) is 1. The number of aryl methyl sites for hydroxylation is 1. The molecular weight excluding hydrogens is 486 g/mol. The molecule has 2 aromatic carbocycles. The number of aromatic nitrogens is 2.